The number of carbonyl (C=O) groups excluding carboxylic acids is 1. The molecule has 6 nitrogen and oxygen atoms in total. The van der Waals surface area contributed by atoms with Crippen LogP contribution < -0.4 is 5.32 Å². The smallest absolute Gasteiger partial charge is 0.246 e. The first-order chi connectivity index (χ1) is 10.4. The van der Waals surface area contributed by atoms with Gasteiger partial charge in [-0.2, -0.15) is 4.31 Å². The predicted molar refractivity (Wildman–Crippen MR) is 93.0 cm³/mol. The molecule has 0 unspecified atom stereocenters. The minimum atomic E-state index is -3.77. The highest BCUT2D eigenvalue weighted by molar-refractivity contribution is 7.89. The molecular formula is C13H18Cl3N3O3S. The van der Waals surface area contributed by atoms with Crippen molar-refractivity contribution < 1.29 is 13.2 Å². The highest BCUT2D eigenvalue weighted by atomic mass is 35.5. The molecule has 1 aromatic carbocycles. The molecule has 0 aliphatic carbocycles. The maximum Gasteiger partial charge on any atom is 0.246 e. The summed E-state index contributed by atoms with van der Waals surface area (Å²) in [4.78, 5) is 13.3. The molecule has 0 radical (unpaired) electrons. The summed E-state index contributed by atoms with van der Waals surface area (Å²) in [7, 11) is -2.08. The Labute approximate surface area is 152 Å². The van der Waals surface area contributed by atoms with Crippen LogP contribution in [0, 0.1) is 0 Å². The molecule has 0 atom stereocenters. The van der Waals surface area contributed by atoms with Gasteiger partial charge >= 0.3 is 0 Å². The lowest BCUT2D eigenvalue weighted by Gasteiger charge is -2.34. The Morgan fingerprint density at radius 1 is 1.17 bits per heavy atom. The van der Waals surface area contributed by atoms with Crippen molar-refractivity contribution >= 4 is 51.5 Å². The molecule has 1 aromatic rings. The minimum absolute atomic E-state index is 0. The number of hydrogen-bond donors (Lipinski definition) is 1. The standard InChI is InChI=1S/C13H17Cl2N3O3S.ClH/c1-16-9-12(19)17-5-7-18(8-6-17)22(20,21)13-10(14)3-2-4-11(13)15;/h2-4,16H,5-9H2,1H3;1H. The van der Waals surface area contributed by atoms with Crippen LogP contribution in [0.2, 0.25) is 10.0 Å². The topological polar surface area (TPSA) is 69.7 Å². The van der Waals surface area contributed by atoms with Crippen LogP contribution in [-0.4, -0.2) is 63.3 Å². The number of hydrogen-bond acceptors (Lipinski definition) is 4. The zero-order valence-electron chi connectivity index (χ0n) is 12.5. The lowest BCUT2D eigenvalue weighted by atomic mass is 10.3. The molecule has 130 valence electrons. The Hall–Kier alpha value is -0.570. The average Bonchev–Trinajstić information content (AvgIpc) is 2.47. The fourth-order valence-corrected chi connectivity index (χ4v) is 4.81. The number of carbonyl (C=O) groups is 1. The summed E-state index contributed by atoms with van der Waals surface area (Å²) in [5.41, 5.74) is 0. The summed E-state index contributed by atoms with van der Waals surface area (Å²) in [6.45, 7) is 1.38. The number of benzene rings is 1. The molecule has 1 heterocycles. The Morgan fingerprint density at radius 3 is 2.17 bits per heavy atom. The molecule has 1 aliphatic heterocycles. The van der Waals surface area contributed by atoms with E-state index in [2.05, 4.69) is 5.32 Å². The highest BCUT2D eigenvalue weighted by Gasteiger charge is 2.32. The quantitative estimate of drug-likeness (QED) is 0.828. The summed E-state index contributed by atoms with van der Waals surface area (Å²) >= 11 is 12.0. The van der Waals surface area contributed by atoms with Crippen molar-refractivity contribution in [1.82, 2.24) is 14.5 Å². The second-order valence-electron chi connectivity index (χ2n) is 4.87. The first kappa shape index (κ1) is 20.5. The van der Waals surface area contributed by atoms with Crippen LogP contribution in [0.1, 0.15) is 0 Å². The summed E-state index contributed by atoms with van der Waals surface area (Å²) in [6.07, 6.45) is 0. The maximum absolute atomic E-state index is 12.7. The molecule has 0 bridgehead atoms. The summed E-state index contributed by atoms with van der Waals surface area (Å²) in [5, 5.41) is 2.99. The van der Waals surface area contributed by atoms with Gasteiger partial charge in [0.1, 0.15) is 4.90 Å². The number of piperazine rings is 1. The van der Waals surface area contributed by atoms with Crippen LogP contribution in [0.25, 0.3) is 0 Å². The fourth-order valence-electron chi connectivity index (χ4n) is 2.30. The van der Waals surface area contributed by atoms with E-state index in [1.807, 2.05) is 0 Å². The van der Waals surface area contributed by atoms with Crippen LogP contribution in [0.5, 0.6) is 0 Å². The molecule has 0 spiro atoms. The van der Waals surface area contributed by atoms with Crippen molar-refractivity contribution in [3.63, 3.8) is 0 Å². The van der Waals surface area contributed by atoms with E-state index in [1.54, 1.807) is 18.0 Å². The maximum atomic E-state index is 12.7. The SMILES string of the molecule is CNCC(=O)N1CCN(S(=O)(=O)c2c(Cl)cccc2Cl)CC1.Cl. The van der Waals surface area contributed by atoms with Gasteiger partial charge in [0.15, 0.2) is 0 Å². The van der Waals surface area contributed by atoms with E-state index in [-0.39, 0.29) is 52.9 Å². The number of halogens is 3. The van der Waals surface area contributed by atoms with Crippen LogP contribution in [0.15, 0.2) is 23.1 Å². The Bertz CT molecular complexity index is 641. The number of amides is 1. The lowest BCUT2D eigenvalue weighted by Crippen LogP contribution is -2.52. The van der Waals surface area contributed by atoms with Crippen LogP contribution in [0.3, 0.4) is 0 Å². The summed E-state index contributed by atoms with van der Waals surface area (Å²) in [6, 6.07) is 4.58. The van der Waals surface area contributed by atoms with Crippen molar-refractivity contribution in [2.24, 2.45) is 0 Å². The largest absolute Gasteiger partial charge is 0.339 e. The molecule has 0 saturated carbocycles. The number of rotatable bonds is 4. The third-order valence-electron chi connectivity index (χ3n) is 3.44. The van der Waals surface area contributed by atoms with E-state index in [4.69, 9.17) is 23.2 Å². The van der Waals surface area contributed by atoms with E-state index >= 15 is 0 Å². The molecule has 1 amide bonds. The molecule has 1 aliphatic rings. The van der Waals surface area contributed by atoms with Crippen molar-refractivity contribution in [3.05, 3.63) is 28.2 Å². The Morgan fingerprint density at radius 2 is 1.70 bits per heavy atom. The normalized spacial score (nSPS) is 16.0. The minimum Gasteiger partial charge on any atom is -0.339 e. The van der Waals surface area contributed by atoms with Gasteiger partial charge in [0.25, 0.3) is 0 Å². The zero-order valence-corrected chi connectivity index (χ0v) is 15.6. The van der Waals surface area contributed by atoms with Crippen molar-refractivity contribution in [1.29, 1.82) is 0 Å². The van der Waals surface area contributed by atoms with E-state index in [9.17, 15) is 13.2 Å². The molecule has 2 rings (SSSR count). The van der Waals surface area contributed by atoms with Crippen LogP contribution in [0.4, 0.5) is 0 Å². The van der Waals surface area contributed by atoms with Gasteiger partial charge in [-0.05, 0) is 19.2 Å². The average molecular weight is 403 g/mol. The van der Waals surface area contributed by atoms with E-state index in [0.29, 0.717) is 13.1 Å². The molecule has 0 aromatic heterocycles. The third kappa shape index (κ3) is 4.49. The third-order valence-corrected chi connectivity index (χ3v) is 6.29. The monoisotopic (exact) mass is 401 g/mol. The molecular weight excluding hydrogens is 385 g/mol. The molecule has 1 N–H and O–H groups in total. The van der Waals surface area contributed by atoms with Crippen LogP contribution >= 0.6 is 35.6 Å². The molecule has 1 saturated heterocycles. The Balaban J connectivity index is 0.00000264. The molecule has 10 heteroatoms. The zero-order chi connectivity index (χ0) is 16.3. The predicted octanol–water partition coefficient (Wildman–Crippen LogP) is 1.47. The summed E-state index contributed by atoms with van der Waals surface area (Å²) in [5.74, 6) is -0.0460. The van der Waals surface area contributed by atoms with Gasteiger partial charge in [0, 0.05) is 26.2 Å². The molecule has 23 heavy (non-hydrogen) atoms. The van der Waals surface area contributed by atoms with Crippen molar-refractivity contribution in [2.45, 2.75) is 4.90 Å². The van der Waals surface area contributed by atoms with Gasteiger partial charge in [0.2, 0.25) is 15.9 Å². The fraction of sp³-hybridized carbons (Fsp3) is 0.462. The van der Waals surface area contributed by atoms with Crippen LogP contribution in [-0.2, 0) is 14.8 Å². The van der Waals surface area contributed by atoms with Crippen molar-refractivity contribution in [2.75, 3.05) is 39.8 Å². The summed E-state index contributed by atoms with van der Waals surface area (Å²) < 4.78 is 26.7. The highest BCUT2D eigenvalue weighted by Crippen LogP contribution is 2.31. The number of likely N-dealkylation sites (N-methyl/N-ethyl adjacent to an activating group) is 1. The van der Waals surface area contributed by atoms with Crippen molar-refractivity contribution in [3.8, 4) is 0 Å². The first-order valence-electron chi connectivity index (χ1n) is 6.74. The van der Waals surface area contributed by atoms with Gasteiger partial charge < -0.3 is 10.2 Å². The second-order valence-corrected chi connectivity index (χ2v) is 7.56. The van der Waals surface area contributed by atoms with E-state index in [0.717, 1.165) is 0 Å². The van der Waals surface area contributed by atoms with Gasteiger partial charge in [-0.3, -0.25) is 4.79 Å². The number of nitrogens with zero attached hydrogens (tertiary/aromatic N) is 2. The van der Waals surface area contributed by atoms with E-state index in [1.165, 1.54) is 16.4 Å². The van der Waals surface area contributed by atoms with Gasteiger partial charge in [0.05, 0.1) is 16.6 Å². The van der Waals surface area contributed by atoms with Gasteiger partial charge in [-0.1, -0.05) is 29.3 Å². The number of sulfonamides is 1. The first-order valence-corrected chi connectivity index (χ1v) is 8.94. The van der Waals surface area contributed by atoms with E-state index < -0.39 is 10.0 Å². The second kappa shape index (κ2) is 8.50. The Kier molecular flexibility index (Phi) is 7.57. The molecule has 1 fully saturated rings. The number of nitrogens with one attached hydrogen (secondary N) is 1. The van der Waals surface area contributed by atoms with Gasteiger partial charge in [-0.15, -0.1) is 12.4 Å². The lowest BCUT2D eigenvalue weighted by molar-refractivity contribution is -0.131. The van der Waals surface area contributed by atoms with Gasteiger partial charge in [-0.25, -0.2) is 8.42 Å².